The first-order valence-corrected chi connectivity index (χ1v) is 10.3. The molecule has 1 aromatic heterocycles. The van der Waals surface area contributed by atoms with Crippen molar-refractivity contribution in [1.82, 2.24) is 9.97 Å². The first-order valence-electron chi connectivity index (χ1n) is 9.28. The lowest BCUT2D eigenvalue weighted by Crippen LogP contribution is -2.31. The molecule has 0 bridgehead atoms. The molecule has 1 aromatic carbocycles. The van der Waals surface area contributed by atoms with Crippen LogP contribution < -0.4 is 26.1 Å². The van der Waals surface area contributed by atoms with Gasteiger partial charge < -0.3 is 25.5 Å². The molecule has 9 nitrogen and oxygen atoms in total. The van der Waals surface area contributed by atoms with E-state index in [0.29, 0.717) is 40.1 Å². The number of nitrogens with zero attached hydrogens (tertiary/aromatic N) is 1. The van der Waals surface area contributed by atoms with Gasteiger partial charge in [-0.25, -0.2) is 4.98 Å². The van der Waals surface area contributed by atoms with Gasteiger partial charge in [0.15, 0.2) is 23.3 Å². The number of nitrogens with two attached hydrogens (primary N) is 1. The second kappa shape index (κ2) is 9.49. The summed E-state index contributed by atoms with van der Waals surface area (Å²) in [6.07, 6.45) is 1.78. The van der Waals surface area contributed by atoms with Crippen LogP contribution in [0.1, 0.15) is 30.4 Å². The summed E-state index contributed by atoms with van der Waals surface area (Å²) in [5.74, 6) is 0.212. The Kier molecular flexibility index (Phi) is 6.78. The number of thioether (sulfide) groups is 1. The lowest BCUT2D eigenvalue weighted by Gasteiger charge is -2.25. The van der Waals surface area contributed by atoms with Crippen molar-refractivity contribution in [3.8, 4) is 11.5 Å². The van der Waals surface area contributed by atoms with Gasteiger partial charge in [-0.1, -0.05) is 23.9 Å². The Morgan fingerprint density at radius 1 is 1.37 bits per heavy atom. The van der Waals surface area contributed by atoms with E-state index in [4.69, 9.17) is 15.2 Å². The van der Waals surface area contributed by atoms with Gasteiger partial charge in [-0.15, -0.1) is 6.58 Å². The van der Waals surface area contributed by atoms with Crippen molar-refractivity contribution in [3.63, 3.8) is 0 Å². The Morgan fingerprint density at radius 3 is 2.87 bits per heavy atom. The van der Waals surface area contributed by atoms with Gasteiger partial charge in [0.25, 0.3) is 11.5 Å². The molecular formula is C20H22N4O5S. The topological polar surface area (TPSA) is 136 Å². The number of amides is 2. The molecule has 0 saturated carbocycles. The van der Waals surface area contributed by atoms with Gasteiger partial charge in [0.1, 0.15) is 5.82 Å². The molecule has 3 rings (SSSR count). The Balaban J connectivity index is 2.01. The molecule has 0 radical (unpaired) electrons. The minimum atomic E-state index is -0.609. The van der Waals surface area contributed by atoms with Crippen LogP contribution in [0, 0.1) is 0 Å². The van der Waals surface area contributed by atoms with Gasteiger partial charge >= 0.3 is 0 Å². The Labute approximate surface area is 177 Å². The quantitative estimate of drug-likeness (QED) is 0.313. The van der Waals surface area contributed by atoms with Gasteiger partial charge in [0.05, 0.1) is 12.2 Å². The molecule has 30 heavy (non-hydrogen) atoms. The number of aromatic amines is 1. The van der Waals surface area contributed by atoms with Crippen LogP contribution in [-0.2, 0) is 9.59 Å². The summed E-state index contributed by atoms with van der Waals surface area (Å²) in [6.45, 7) is 5.53. The number of primary amides is 1. The summed E-state index contributed by atoms with van der Waals surface area (Å²) in [5.41, 5.74) is 5.90. The predicted octanol–water partition coefficient (Wildman–Crippen LogP) is 1.78. The maximum atomic E-state index is 12.8. The highest BCUT2D eigenvalue weighted by Crippen LogP contribution is 2.38. The highest BCUT2D eigenvalue weighted by Gasteiger charge is 2.31. The SMILES string of the molecule is C=CCSc1nc2c(c(=O)[nH]1)[C@H](c1ccc(OCC(N)=O)c(OCC)c1)CC(=O)N2. The molecule has 0 saturated heterocycles. The zero-order valence-corrected chi connectivity index (χ0v) is 17.2. The second-order valence-corrected chi connectivity index (χ2v) is 7.44. The molecule has 1 aliphatic heterocycles. The summed E-state index contributed by atoms with van der Waals surface area (Å²) in [5, 5.41) is 3.09. The van der Waals surface area contributed by atoms with Crippen molar-refractivity contribution in [2.75, 3.05) is 24.3 Å². The second-order valence-electron chi connectivity index (χ2n) is 6.43. The molecule has 2 aromatic rings. The maximum Gasteiger partial charge on any atom is 0.257 e. The van der Waals surface area contributed by atoms with Crippen LogP contribution in [0.15, 0.2) is 40.8 Å². The lowest BCUT2D eigenvalue weighted by molar-refractivity contribution is -0.120. The van der Waals surface area contributed by atoms with Crippen molar-refractivity contribution in [2.45, 2.75) is 24.4 Å². The smallest absolute Gasteiger partial charge is 0.257 e. The highest BCUT2D eigenvalue weighted by molar-refractivity contribution is 7.99. The van der Waals surface area contributed by atoms with E-state index in [0.717, 1.165) is 0 Å². The molecule has 2 amide bonds. The molecule has 0 spiro atoms. The zero-order valence-electron chi connectivity index (χ0n) is 16.4. The number of fused-ring (bicyclic) bond motifs is 1. The fourth-order valence-corrected chi connectivity index (χ4v) is 3.72. The van der Waals surface area contributed by atoms with E-state index in [1.807, 2.05) is 6.92 Å². The van der Waals surface area contributed by atoms with Crippen LogP contribution in [0.2, 0.25) is 0 Å². The molecule has 10 heteroatoms. The van der Waals surface area contributed by atoms with Crippen LogP contribution in [0.25, 0.3) is 0 Å². The van der Waals surface area contributed by atoms with E-state index in [1.165, 1.54) is 11.8 Å². The van der Waals surface area contributed by atoms with Crippen LogP contribution in [0.4, 0.5) is 5.82 Å². The van der Waals surface area contributed by atoms with E-state index in [9.17, 15) is 14.4 Å². The third-order valence-corrected chi connectivity index (χ3v) is 5.18. The molecule has 0 fully saturated rings. The highest BCUT2D eigenvalue weighted by atomic mass is 32.2. The summed E-state index contributed by atoms with van der Waals surface area (Å²) < 4.78 is 11.0. The minimum absolute atomic E-state index is 0.0873. The average molecular weight is 430 g/mol. The number of carbonyl (C=O) groups is 2. The van der Waals surface area contributed by atoms with Crippen molar-refractivity contribution < 1.29 is 19.1 Å². The Morgan fingerprint density at radius 2 is 2.17 bits per heavy atom. The zero-order chi connectivity index (χ0) is 21.7. The number of aromatic nitrogens is 2. The van der Waals surface area contributed by atoms with Gasteiger partial charge in [0, 0.05) is 18.1 Å². The molecule has 0 unspecified atom stereocenters. The Hall–Kier alpha value is -3.27. The molecule has 0 aliphatic carbocycles. The van der Waals surface area contributed by atoms with Gasteiger partial charge in [-0.2, -0.15) is 0 Å². The monoisotopic (exact) mass is 430 g/mol. The van der Waals surface area contributed by atoms with Crippen LogP contribution in [-0.4, -0.2) is 40.7 Å². The van der Waals surface area contributed by atoms with Crippen molar-refractivity contribution >= 4 is 29.4 Å². The summed E-state index contributed by atoms with van der Waals surface area (Å²) in [6, 6.07) is 5.06. The van der Waals surface area contributed by atoms with E-state index in [-0.39, 0.29) is 30.3 Å². The van der Waals surface area contributed by atoms with Crippen molar-refractivity contribution in [2.24, 2.45) is 5.73 Å². The number of nitrogens with one attached hydrogen (secondary N) is 2. The molecule has 1 atom stereocenters. The van der Waals surface area contributed by atoms with Crippen LogP contribution in [0.3, 0.4) is 0 Å². The van der Waals surface area contributed by atoms with E-state index in [2.05, 4.69) is 21.9 Å². The fourth-order valence-electron chi connectivity index (χ4n) is 3.12. The van der Waals surface area contributed by atoms with Crippen molar-refractivity contribution in [3.05, 3.63) is 52.3 Å². The molecule has 158 valence electrons. The summed E-state index contributed by atoms with van der Waals surface area (Å²) in [7, 11) is 0. The summed E-state index contributed by atoms with van der Waals surface area (Å²) >= 11 is 1.31. The van der Waals surface area contributed by atoms with E-state index < -0.39 is 11.8 Å². The van der Waals surface area contributed by atoms with Crippen LogP contribution in [0.5, 0.6) is 11.5 Å². The van der Waals surface area contributed by atoms with Gasteiger partial charge in [-0.05, 0) is 24.6 Å². The number of hydrogen-bond donors (Lipinski definition) is 3. The Bertz CT molecular complexity index is 1040. The average Bonchev–Trinajstić information content (AvgIpc) is 2.70. The predicted molar refractivity (Wildman–Crippen MR) is 113 cm³/mol. The van der Waals surface area contributed by atoms with E-state index in [1.54, 1.807) is 24.3 Å². The largest absolute Gasteiger partial charge is 0.490 e. The van der Waals surface area contributed by atoms with Crippen LogP contribution >= 0.6 is 11.8 Å². The minimum Gasteiger partial charge on any atom is -0.490 e. The normalized spacial score (nSPS) is 15.1. The molecule has 4 N–H and O–H groups in total. The third kappa shape index (κ3) is 4.82. The number of rotatable bonds is 9. The first kappa shape index (κ1) is 21.4. The number of H-pyrrole nitrogens is 1. The molecule has 2 heterocycles. The number of ether oxygens (including phenoxy) is 2. The number of carbonyl (C=O) groups excluding carboxylic acids is 2. The van der Waals surface area contributed by atoms with Crippen molar-refractivity contribution in [1.29, 1.82) is 0 Å². The lowest BCUT2D eigenvalue weighted by atomic mass is 9.86. The molecular weight excluding hydrogens is 408 g/mol. The number of hydrogen-bond acceptors (Lipinski definition) is 7. The number of anilines is 1. The number of benzene rings is 1. The standard InChI is InChI=1S/C20H22N4O5S/c1-3-7-30-20-23-18-17(19(27)24-20)12(9-16(26)22-18)11-5-6-13(29-10-15(21)25)14(8-11)28-4-2/h3,5-6,8,12H,1,4,7,9-10H2,2H3,(H2,21,25)(H2,22,23,24,26,27)/t12-/m0/s1. The summed E-state index contributed by atoms with van der Waals surface area (Å²) in [4.78, 5) is 43.3. The van der Waals surface area contributed by atoms with Gasteiger partial charge in [0.2, 0.25) is 5.91 Å². The van der Waals surface area contributed by atoms with E-state index >= 15 is 0 Å². The molecule has 1 aliphatic rings. The fraction of sp³-hybridized carbons (Fsp3) is 0.300. The first-order chi connectivity index (χ1) is 14.4. The van der Waals surface area contributed by atoms with Gasteiger partial charge in [-0.3, -0.25) is 14.4 Å². The maximum absolute atomic E-state index is 12.8. The third-order valence-electron chi connectivity index (χ3n) is 4.31.